The summed E-state index contributed by atoms with van der Waals surface area (Å²) < 4.78 is 0. The SMILES string of the molecule is CC(C(=O)NC(C)(C)C)N(Cc1ccccc1Cl)C(=O)CSCc1ccc(Cl)c(Cl)c1. The third-order valence-corrected chi connectivity index (χ3v) is 6.54. The van der Waals surface area contributed by atoms with E-state index in [1.807, 2.05) is 45.0 Å². The van der Waals surface area contributed by atoms with Crippen LogP contribution in [0.2, 0.25) is 15.1 Å². The topological polar surface area (TPSA) is 49.4 Å². The van der Waals surface area contributed by atoms with Gasteiger partial charge in [-0.3, -0.25) is 9.59 Å². The minimum atomic E-state index is -0.645. The van der Waals surface area contributed by atoms with E-state index in [4.69, 9.17) is 34.8 Å². The highest BCUT2D eigenvalue weighted by atomic mass is 35.5. The number of hydrogen-bond acceptors (Lipinski definition) is 3. The maximum Gasteiger partial charge on any atom is 0.242 e. The monoisotopic (exact) mass is 500 g/mol. The van der Waals surface area contributed by atoms with Crippen molar-refractivity contribution in [2.24, 2.45) is 0 Å². The van der Waals surface area contributed by atoms with Crippen LogP contribution in [0.25, 0.3) is 0 Å². The second-order valence-electron chi connectivity index (χ2n) is 8.27. The molecule has 2 aromatic carbocycles. The van der Waals surface area contributed by atoms with Gasteiger partial charge in [0, 0.05) is 22.9 Å². The Labute approximate surface area is 203 Å². The molecule has 0 saturated heterocycles. The van der Waals surface area contributed by atoms with Gasteiger partial charge >= 0.3 is 0 Å². The number of benzene rings is 2. The number of nitrogens with one attached hydrogen (secondary N) is 1. The van der Waals surface area contributed by atoms with Crippen molar-refractivity contribution in [3.63, 3.8) is 0 Å². The van der Waals surface area contributed by atoms with E-state index < -0.39 is 11.6 Å². The summed E-state index contributed by atoms with van der Waals surface area (Å²) in [6.07, 6.45) is 0. The van der Waals surface area contributed by atoms with Gasteiger partial charge in [-0.15, -0.1) is 11.8 Å². The number of amides is 2. The molecule has 168 valence electrons. The zero-order valence-corrected chi connectivity index (χ0v) is 21.1. The Morgan fingerprint density at radius 3 is 2.32 bits per heavy atom. The van der Waals surface area contributed by atoms with E-state index >= 15 is 0 Å². The first-order valence-electron chi connectivity index (χ1n) is 9.84. The normalized spacial score (nSPS) is 12.4. The number of hydrogen-bond donors (Lipinski definition) is 1. The summed E-state index contributed by atoms with van der Waals surface area (Å²) >= 11 is 19.8. The van der Waals surface area contributed by atoms with E-state index in [2.05, 4.69) is 5.32 Å². The molecule has 0 aromatic heterocycles. The lowest BCUT2D eigenvalue weighted by atomic mass is 10.1. The van der Waals surface area contributed by atoms with Crippen LogP contribution in [0.3, 0.4) is 0 Å². The standard InChI is InChI=1S/C23H27Cl3N2O2S/c1-15(22(30)27-23(2,3)4)28(12-17-7-5-6-8-18(17)24)21(29)14-31-13-16-9-10-19(25)20(26)11-16/h5-11,15H,12-14H2,1-4H3,(H,27,30). The summed E-state index contributed by atoms with van der Waals surface area (Å²) in [6.45, 7) is 7.71. The Hall–Kier alpha value is -1.40. The molecule has 0 saturated carbocycles. The van der Waals surface area contributed by atoms with E-state index in [1.54, 1.807) is 30.0 Å². The van der Waals surface area contributed by atoms with E-state index in [0.717, 1.165) is 11.1 Å². The molecule has 31 heavy (non-hydrogen) atoms. The first-order chi connectivity index (χ1) is 14.5. The fourth-order valence-electron chi connectivity index (χ4n) is 2.84. The lowest BCUT2D eigenvalue weighted by molar-refractivity contribution is -0.139. The predicted molar refractivity (Wildman–Crippen MR) is 132 cm³/mol. The quantitative estimate of drug-likeness (QED) is 0.468. The van der Waals surface area contributed by atoms with E-state index in [9.17, 15) is 9.59 Å². The number of rotatable bonds is 8. The number of carbonyl (C=O) groups excluding carboxylic acids is 2. The summed E-state index contributed by atoms with van der Waals surface area (Å²) in [6, 6.07) is 12.1. The molecule has 1 N–H and O–H groups in total. The maximum absolute atomic E-state index is 13.1. The van der Waals surface area contributed by atoms with Gasteiger partial charge in [-0.1, -0.05) is 59.1 Å². The summed E-state index contributed by atoms with van der Waals surface area (Å²) in [5.41, 5.74) is 1.37. The number of halogens is 3. The second-order valence-corrected chi connectivity index (χ2v) is 10.5. The molecule has 0 radical (unpaired) electrons. The van der Waals surface area contributed by atoms with E-state index in [0.29, 0.717) is 20.8 Å². The summed E-state index contributed by atoms with van der Waals surface area (Å²) in [7, 11) is 0. The molecule has 0 aliphatic rings. The highest BCUT2D eigenvalue weighted by Gasteiger charge is 2.28. The number of nitrogens with zero attached hydrogens (tertiary/aromatic N) is 1. The van der Waals surface area contributed by atoms with Crippen molar-refractivity contribution in [3.05, 3.63) is 68.7 Å². The summed E-state index contributed by atoms with van der Waals surface area (Å²) in [5.74, 6) is 0.479. The maximum atomic E-state index is 13.1. The predicted octanol–water partition coefficient (Wildman–Crippen LogP) is 6.21. The summed E-state index contributed by atoms with van der Waals surface area (Å²) in [4.78, 5) is 27.5. The van der Waals surface area contributed by atoms with Crippen LogP contribution in [0.15, 0.2) is 42.5 Å². The Balaban J connectivity index is 2.12. The van der Waals surface area contributed by atoms with Crippen LogP contribution in [-0.2, 0) is 21.9 Å². The van der Waals surface area contributed by atoms with Gasteiger partial charge in [-0.2, -0.15) is 0 Å². The Morgan fingerprint density at radius 2 is 1.71 bits per heavy atom. The van der Waals surface area contributed by atoms with Crippen molar-refractivity contribution in [1.29, 1.82) is 0 Å². The molecule has 0 spiro atoms. The largest absolute Gasteiger partial charge is 0.350 e. The molecule has 2 aromatic rings. The fraction of sp³-hybridized carbons (Fsp3) is 0.391. The molecule has 1 unspecified atom stereocenters. The molecular formula is C23H27Cl3N2O2S. The van der Waals surface area contributed by atoms with Crippen LogP contribution >= 0.6 is 46.6 Å². The minimum Gasteiger partial charge on any atom is -0.350 e. The summed E-state index contributed by atoms with van der Waals surface area (Å²) in [5, 5.41) is 4.49. The molecule has 0 fully saturated rings. The molecule has 0 aliphatic carbocycles. The first-order valence-corrected chi connectivity index (χ1v) is 12.1. The number of thioether (sulfide) groups is 1. The number of carbonyl (C=O) groups is 2. The van der Waals surface area contributed by atoms with Gasteiger partial charge < -0.3 is 10.2 Å². The van der Waals surface area contributed by atoms with Crippen LogP contribution in [0, 0.1) is 0 Å². The molecule has 2 rings (SSSR count). The minimum absolute atomic E-state index is 0.137. The van der Waals surface area contributed by atoms with Crippen LogP contribution < -0.4 is 5.32 Å². The molecule has 0 aliphatic heterocycles. The average molecular weight is 502 g/mol. The van der Waals surface area contributed by atoms with Gasteiger partial charge in [0.2, 0.25) is 11.8 Å². The Bertz CT molecular complexity index is 931. The highest BCUT2D eigenvalue weighted by Crippen LogP contribution is 2.25. The lowest BCUT2D eigenvalue weighted by Gasteiger charge is -2.31. The van der Waals surface area contributed by atoms with Gasteiger partial charge in [-0.25, -0.2) is 0 Å². The van der Waals surface area contributed by atoms with Crippen LogP contribution in [0.5, 0.6) is 0 Å². The van der Waals surface area contributed by atoms with Gasteiger partial charge in [0.05, 0.1) is 15.8 Å². The van der Waals surface area contributed by atoms with Crippen LogP contribution in [0.1, 0.15) is 38.8 Å². The third kappa shape index (κ3) is 8.23. The van der Waals surface area contributed by atoms with Crippen molar-refractivity contribution >= 4 is 58.4 Å². The van der Waals surface area contributed by atoms with Crippen molar-refractivity contribution < 1.29 is 9.59 Å². The molecule has 1 atom stereocenters. The fourth-order valence-corrected chi connectivity index (χ4v) is 4.21. The molecule has 8 heteroatoms. The van der Waals surface area contributed by atoms with E-state index in [1.165, 1.54) is 11.8 Å². The van der Waals surface area contributed by atoms with Gasteiger partial charge in [0.15, 0.2) is 0 Å². The molecule has 4 nitrogen and oxygen atoms in total. The van der Waals surface area contributed by atoms with Crippen molar-refractivity contribution in [2.75, 3.05) is 5.75 Å². The molecule has 0 heterocycles. The van der Waals surface area contributed by atoms with Gasteiger partial charge in [0.25, 0.3) is 0 Å². The second kappa shape index (κ2) is 11.5. The third-order valence-electron chi connectivity index (χ3n) is 4.44. The van der Waals surface area contributed by atoms with Crippen molar-refractivity contribution in [3.8, 4) is 0 Å². The van der Waals surface area contributed by atoms with E-state index in [-0.39, 0.29) is 24.1 Å². The highest BCUT2D eigenvalue weighted by molar-refractivity contribution is 7.99. The van der Waals surface area contributed by atoms with Crippen LogP contribution in [0.4, 0.5) is 0 Å². The zero-order valence-electron chi connectivity index (χ0n) is 18.0. The Kier molecular flexibility index (Phi) is 9.56. The smallest absolute Gasteiger partial charge is 0.242 e. The molecule has 0 bridgehead atoms. The van der Waals surface area contributed by atoms with Gasteiger partial charge in [-0.05, 0) is 57.0 Å². The van der Waals surface area contributed by atoms with Crippen molar-refractivity contribution in [1.82, 2.24) is 10.2 Å². The van der Waals surface area contributed by atoms with Crippen LogP contribution in [-0.4, -0.2) is 34.0 Å². The molecular weight excluding hydrogens is 475 g/mol. The lowest BCUT2D eigenvalue weighted by Crippen LogP contribution is -2.52. The first kappa shape index (κ1) is 25.9. The molecule has 2 amide bonds. The van der Waals surface area contributed by atoms with Gasteiger partial charge in [0.1, 0.15) is 6.04 Å². The zero-order chi connectivity index (χ0) is 23.2. The Morgan fingerprint density at radius 1 is 1.03 bits per heavy atom. The average Bonchev–Trinajstić information content (AvgIpc) is 2.68. The van der Waals surface area contributed by atoms with Crippen molar-refractivity contribution in [2.45, 2.75) is 51.6 Å².